The van der Waals surface area contributed by atoms with E-state index in [9.17, 15) is 9.50 Å². The van der Waals surface area contributed by atoms with Crippen LogP contribution >= 0.6 is 0 Å². The quantitative estimate of drug-likeness (QED) is 0.446. The minimum absolute atomic E-state index is 0.248. The van der Waals surface area contributed by atoms with Gasteiger partial charge in [-0.3, -0.25) is 4.90 Å². The van der Waals surface area contributed by atoms with Gasteiger partial charge in [0, 0.05) is 37.8 Å². The zero-order valence-electron chi connectivity index (χ0n) is 19.8. The molecule has 1 saturated heterocycles. The molecule has 1 aromatic heterocycles. The van der Waals surface area contributed by atoms with Gasteiger partial charge in [-0.15, -0.1) is 0 Å². The number of morpholine rings is 1. The maximum absolute atomic E-state index is 14.7. The number of aliphatic hydroxyl groups is 1. The van der Waals surface area contributed by atoms with E-state index in [1.165, 1.54) is 6.07 Å². The molecule has 8 heteroatoms. The van der Waals surface area contributed by atoms with Crippen molar-refractivity contribution in [3.05, 3.63) is 71.5 Å². The predicted molar refractivity (Wildman–Crippen MR) is 130 cm³/mol. The first-order valence-corrected chi connectivity index (χ1v) is 12.3. The molecule has 1 aliphatic heterocycles. The highest BCUT2D eigenvalue weighted by molar-refractivity contribution is 5.69. The molecule has 2 aliphatic rings. The minimum Gasteiger partial charge on any atom is -0.389 e. The summed E-state index contributed by atoms with van der Waals surface area (Å²) in [5, 5.41) is 15.1. The van der Waals surface area contributed by atoms with Gasteiger partial charge in [0.2, 0.25) is 5.88 Å². The van der Waals surface area contributed by atoms with E-state index in [0.29, 0.717) is 69.2 Å². The Kier molecular flexibility index (Phi) is 7.73. The number of halogens is 1. The van der Waals surface area contributed by atoms with E-state index in [4.69, 9.17) is 14.0 Å². The molecule has 0 spiro atoms. The van der Waals surface area contributed by atoms with Crippen LogP contribution in [0.4, 0.5) is 10.3 Å². The third kappa shape index (κ3) is 6.08. The highest BCUT2D eigenvalue weighted by atomic mass is 19.1. The van der Waals surface area contributed by atoms with Crippen molar-refractivity contribution in [2.75, 3.05) is 44.4 Å². The highest BCUT2D eigenvalue weighted by Gasteiger charge is 2.34. The molecule has 3 aromatic rings. The summed E-state index contributed by atoms with van der Waals surface area (Å²) in [7, 11) is 0. The van der Waals surface area contributed by atoms with Crippen molar-refractivity contribution in [2.24, 2.45) is 0 Å². The van der Waals surface area contributed by atoms with Crippen LogP contribution in [0.15, 0.2) is 59.1 Å². The molecule has 7 nitrogen and oxygen atoms in total. The molecule has 0 amide bonds. The summed E-state index contributed by atoms with van der Waals surface area (Å²) >= 11 is 0. The van der Waals surface area contributed by atoms with E-state index < -0.39 is 6.10 Å². The fraction of sp³-hybridized carbons (Fsp3) is 0.444. The van der Waals surface area contributed by atoms with Crippen LogP contribution in [-0.2, 0) is 22.6 Å². The zero-order valence-corrected chi connectivity index (χ0v) is 19.8. The van der Waals surface area contributed by atoms with Gasteiger partial charge in [-0.25, -0.2) is 4.39 Å². The van der Waals surface area contributed by atoms with Gasteiger partial charge in [0.15, 0.2) is 0 Å². The molecule has 1 aliphatic carbocycles. The number of ether oxygens (including phenoxy) is 2. The Morgan fingerprint density at radius 1 is 1.09 bits per heavy atom. The van der Waals surface area contributed by atoms with Crippen molar-refractivity contribution in [1.82, 2.24) is 10.1 Å². The standard InChI is InChI=1S/C27H32FN3O4/c28-25-9-5-4-8-23(25)26-24(27(35-29-26)30-12-14-33-15-13-30)17-31(21-10-11-21)16-22(32)19-34-18-20-6-2-1-3-7-20/h1-9,21-22,32H,10-19H2/t22-/m1/s1. The van der Waals surface area contributed by atoms with Crippen molar-refractivity contribution in [1.29, 1.82) is 0 Å². The van der Waals surface area contributed by atoms with Gasteiger partial charge < -0.3 is 24.0 Å². The highest BCUT2D eigenvalue weighted by Crippen LogP contribution is 2.37. The molecule has 1 N–H and O–H groups in total. The Morgan fingerprint density at radius 2 is 1.83 bits per heavy atom. The van der Waals surface area contributed by atoms with Gasteiger partial charge in [0.1, 0.15) is 11.5 Å². The Bertz CT molecular complexity index is 1080. The average Bonchev–Trinajstić information content (AvgIpc) is 3.66. The summed E-state index contributed by atoms with van der Waals surface area (Å²) in [5.41, 5.74) is 2.87. The fourth-order valence-electron chi connectivity index (χ4n) is 4.52. The van der Waals surface area contributed by atoms with Crippen LogP contribution in [0, 0.1) is 5.82 Å². The number of nitrogens with zero attached hydrogens (tertiary/aromatic N) is 3. The Balaban J connectivity index is 1.32. The maximum Gasteiger partial charge on any atom is 0.232 e. The smallest absolute Gasteiger partial charge is 0.232 e. The normalized spacial score (nSPS) is 17.2. The van der Waals surface area contributed by atoms with E-state index in [0.717, 1.165) is 24.0 Å². The van der Waals surface area contributed by atoms with E-state index in [1.807, 2.05) is 30.3 Å². The SMILES string of the molecule is O[C@@H](COCc1ccccc1)CN(Cc1c(-c2ccccc2F)noc1N1CCOCC1)C1CC1. The second-order valence-corrected chi connectivity index (χ2v) is 9.21. The van der Waals surface area contributed by atoms with Gasteiger partial charge >= 0.3 is 0 Å². The zero-order chi connectivity index (χ0) is 24.0. The molecule has 2 fully saturated rings. The summed E-state index contributed by atoms with van der Waals surface area (Å²) in [6, 6.07) is 16.9. The van der Waals surface area contributed by atoms with Crippen LogP contribution in [0.1, 0.15) is 24.0 Å². The molecule has 2 aromatic carbocycles. The van der Waals surface area contributed by atoms with Crippen LogP contribution in [0.25, 0.3) is 11.3 Å². The van der Waals surface area contributed by atoms with Gasteiger partial charge in [-0.1, -0.05) is 47.6 Å². The number of aromatic nitrogens is 1. The first kappa shape index (κ1) is 23.9. The largest absolute Gasteiger partial charge is 0.389 e. The second kappa shape index (κ2) is 11.3. The van der Waals surface area contributed by atoms with E-state index >= 15 is 0 Å². The average molecular weight is 482 g/mol. The molecule has 1 atom stereocenters. The van der Waals surface area contributed by atoms with Crippen LogP contribution in [0.3, 0.4) is 0 Å². The third-order valence-electron chi connectivity index (χ3n) is 6.49. The Labute approximate surface area is 205 Å². The monoisotopic (exact) mass is 481 g/mol. The molecule has 35 heavy (non-hydrogen) atoms. The maximum atomic E-state index is 14.7. The number of rotatable bonds is 11. The number of benzene rings is 2. The summed E-state index contributed by atoms with van der Waals surface area (Å²) < 4.78 is 31.8. The van der Waals surface area contributed by atoms with Crippen molar-refractivity contribution in [3.8, 4) is 11.3 Å². The van der Waals surface area contributed by atoms with Gasteiger partial charge in [-0.2, -0.15) is 0 Å². The molecular weight excluding hydrogens is 449 g/mol. The molecule has 1 saturated carbocycles. The van der Waals surface area contributed by atoms with Crippen LogP contribution in [-0.4, -0.2) is 66.8 Å². The van der Waals surface area contributed by atoms with E-state index in [-0.39, 0.29) is 12.4 Å². The lowest BCUT2D eigenvalue weighted by Gasteiger charge is -2.29. The van der Waals surface area contributed by atoms with Gasteiger partial charge in [0.25, 0.3) is 0 Å². The van der Waals surface area contributed by atoms with Gasteiger partial charge in [-0.05, 0) is 30.5 Å². The number of aliphatic hydroxyl groups excluding tert-OH is 1. The van der Waals surface area contributed by atoms with Gasteiger partial charge in [0.05, 0.1) is 38.1 Å². The molecule has 0 radical (unpaired) electrons. The van der Waals surface area contributed by atoms with E-state index in [2.05, 4.69) is 15.0 Å². The van der Waals surface area contributed by atoms with Crippen molar-refractivity contribution < 1.29 is 23.5 Å². The van der Waals surface area contributed by atoms with Crippen molar-refractivity contribution in [2.45, 2.75) is 38.1 Å². The van der Waals surface area contributed by atoms with Crippen molar-refractivity contribution in [3.63, 3.8) is 0 Å². The Hall–Kier alpha value is -2.78. The number of hydrogen-bond donors (Lipinski definition) is 1. The molecule has 2 heterocycles. The fourth-order valence-corrected chi connectivity index (χ4v) is 4.52. The summed E-state index contributed by atoms with van der Waals surface area (Å²) in [5.74, 6) is 0.329. The minimum atomic E-state index is -0.636. The predicted octanol–water partition coefficient (Wildman–Crippen LogP) is 3.86. The first-order chi connectivity index (χ1) is 17.2. The first-order valence-electron chi connectivity index (χ1n) is 12.3. The molecule has 5 rings (SSSR count). The van der Waals surface area contributed by atoms with Crippen molar-refractivity contribution >= 4 is 5.88 Å². The summed E-state index contributed by atoms with van der Waals surface area (Å²) in [6.07, 6.45) is 1.51. The molecular formula is C27H32FN3O4. The number of hydrogen-bond acceptors (Lipinski definition) is 7. The Morgan fingerprint density at radius 3 is 2.57 bits per heavy atom. The molecule has 0 bridgehead atoms. The topological polar surface area (TPSA) is 71.2 Å². The summed E-state index contributed by atoms with van der Waals surface area (Å²) in [6.45, 7) is 4.29. The lowest BCUT2D eigenvalue weighted by Crippen LogP contribution is -2.38. The molecule has 186 valence electrons. The lowest BCUT2D eigenvalue weighted by atomic mass is 10.1. The van der Waals surface area contributed by atoms with Crippen LogP contribution < -0.4 is 4.90 Å². The third-order valence-corrected chi connectivity index (χ3v) is 6.49. The van der Waals surface area contributed by atoms with Crippen LogP contribution in [0.2, 0.25) is 0 Å². The lowest BCUT2D eigenvalue weighted by molar-refractivity contribution is 0.00706. The van der Waals surface area contributed by atoms with Crippen LogP contribution in [0.5, 0.6) is 0 Å². The molecule has 0 unspecified atom stereocenters. The van der Waals surface area contributed by atoms with E-state index in [1.54, 1.807) is 18.2 Å². The summed E-state index contributed by atoms with van der Waals surface area (Å²) in [4.78, 5) is 4.36. The second-order valence-electron chi connectivity index (χ2n) is 9.21. The number of anilines is 1.